The maximum atomic E-state index is 12.0. The van der Waals surface area contributed by atoms with Crippen LogP contribution < -0.4 is 5.32 Å². The van der Waals surface area contributed by atoms with E-state index in [1.165, 1.54) is 0 Å². The fourth-order valence-corrected chi connectivity index (χ4v) is 2.90. The number of carbonyl (C=O) groups is 2. The Morgan fingerprint density at radius 1 is 1.22 bits per heavy atom. The number of carboxylic acids is 1. The molecule has 1 amide bonds. The second-order valence-electron chi connectivity index (χ2n) is 6.07. The molecule has 1 aromatic carbocycles. The Morgan fingerprint density at radius 2 is 2.00 bits per heavy atom. The summed E-state index contributed by atoms with van der Waals surface area (Å²) in [4.78, 5) is 26.3. The minimum absolute atomic E-state index is 0.0370. The van der Waals surface area contributed by atoms with Crippen molar-refractivity contribution in [2.24, 2.45) is 0 Å². The number of H-pyrrole nitrogens is 2. The van der Waals surface area contributed by atoms with Gasteiger partial charge in [-0.25, -0.2) is 4.79 Å². The average Bonchev–Trinajstić information content (AvgIpc) is 3.15. The second-order valence-corrected chi connectivity index (χ2v) is 6.07. The number of nitrogens with zero attached hydrogens (tertiary/aromatic N) is 2. The van der Waals surface area contributed by atoms with E-state index in [1.54, 1.807) is 6.07 Å². The van der Waals surface area contributed by atoms with Gasteiger partial charge in [0, 0.05) is 16.6 Å². The highest BCUT2D eigenvalue weighted by Crippen LogP contribution is 2.40. The zero-order valence-electron chi connectivity index (χ0n) is 12.4. The van der Waals surface area contributed by atoms with Gasteiger partial charge in [-0.1, -0.05) is 0 Å². The minimum atomic E-state index is -1.15. The van der Waals surface area contributed by atoms with E-state index in [0.29, 0.717) is 5.69 Å². The Balaban J connectivity index is 1.89. The molecule has 3 heterocycles. The highest BCUT2D eigenvalue weighted by Gasteiger charge is 2.38. The Morgan fingerprint density at radius 3 is 2.74 bits per heavy atom. The number of hydrogen-bond donors (Lipinski definition) is 4. The standard InChI is InChI=1S/C15H13N5O3/c1-15(2)7-3-6-4-10(11-12(13(21)22)19-20-18-11)16-8(6)5-9(7)17-14(15)23/h3-5,16H,1-2H3,(H,17,23)(H,21,22)(H,18,19,20). The number of rotatable bonds is 2. The molecule has 0 radical (unpaired) electrons. The third-order valence-corrected chi connectivity index (χ3v) is 4.25. The van der Waals surface area contributed by atoms with Gasteiger partial charge in [0.05, 0.1) is 11.1 Å². The first-order chi connectivity index (χ1) is 10.9. The number of aromatic amines is 2. The number of carbonyl (C=O) groups excluding carboxylic acids is 1. The summed E-state index contributed by atoms with van der Waals surface area (Å²) in [5.41, 5.74) is 2.53. The van der Waals surface area contributed by atoms with E-state index in [-0.39, 0.29) is 17.3 Å². The first-order valence-corrected chi connectivity index (χ1v) is 7.01. The largest absolute Gasteiger partial charge is 0.476 e. The van der Waals surface area contributed by atoms with Crippen molar-refractivity contribution < 1.29 is 14.7 Å². The van der Waals surface area contributed by atoms with Crippen LogP contribution in [0.4, 0.5) is 5.69 Å². The van der Waals surface area contributed by atoms with E-state index in [4.69, 9.17) is 5.11 Å². The van der Waals surface area contributed by atoms with Crippen LogP contribution in [-0.4, -0.2) is 37.4 Å². The van der Waals surface area contributed by atoms with Crippen LogP contribution in [0.3, 0.4) is 0 Å². The van der Waals surface area contributed by atoms with Gasteiger partial charge in [-0.2, -0.15) is 10.3 Å². The molecule has 0 spiro atoms. The molecule has 0 fully saturated rings. The Hall–Kier alpha value is -3.16. The number of nitrogens with one attached hydrogen (secondary N) is 3. The van der Waals surface area contributed by atoms with Crippen LogP contribution >= 0.6 is 0 Å². The van der Waals surface area contributed by atoms with Crippen molar-refractivity contribution in [3.8, 4) is 11.4 Å². The number of benzene rings is 1. The zero-order chi connectivity index (χ0) is 16.4. The molecule has 3 aromatic rings. The normalized spacial score (nSPS) is 15.7. The van der Waals surface area contributed by atoms with Gasteiger partial charge in [0.25, 0.3) is 0 Å². The molecular formula is C15H13N5O3. The quantitative estimate of drug-likeness (QED) is 0.575. The molecule has 0 bridgehead atoms. The lowest BCUT2D eigenvalue weighted by Gasteiger charge is -2.14. The van der Waals surface area contributed by atoms with Gasteiger partial charge < -0.3 is 15.4 Å². The Kier molecular flexibility index (Phi) is 2.46. The van der Waals surface area contributed by atoms with E-state index in [2.05, 4.69) is 25.7 Å². The molecule has 0 atom stereocenters. The van der Waals surface area contributed by atoms with Gasteiger partial charge in [-0.3, -0.25) is 4.79 Å². The molecule has 0 aliphatic carbocycles. The molecule has 1 aliphatic heterocycles. The van der Waals surface area contributed by atoms with Crippen molar-refractivity contribution in [1.29, 1.82) is 0 Å². The van der Waals surface area contributed by atoms with Gasteiger partial charge in [0.1, 0.15) is 5.69 Å². The van der Waals surface area contributed by atoms with Gasteiger partial charge in [0.2, 0.25) is 5.91 Å². The van der Waals surface area contributed by atoms with Gasteiger partial charge >= 0.3 is 5.97 Å². The topological polar surface area (TPSA) is 124 Å². The van der Waals surface area contributed by atoms with E-state index in [1.807, 2.05) is 26.0 Å². The number of hydrogen-bond acceptors (Lipinski definition) is 4. The average molecular weight is 311 g/mol. The lowest BCUT2D eigenvalue weighted by Crippen LogP contribution is -2.26. The molecular weight excluding hydrogens is 298 g/mol. The van der Waals surface area contributed by atoms with Crippen LogP contribution in [0.2, 0.25) is 0 Å². The third-order valence-electron chi connectivity index (χ3n) is 4.25. The molecule has 1 aliphatic rings. The maximum absolute atomic E-state index is 12.0. The summed E-state index contributed by atoms with van der Waals surface area (Å²) in [5.74, 6) is -1.19. The summed E-state index contributed by atoms with van der Waals surface area (Å²) in [6, 6.07) is 5.59. The number of fused-ring (bicyclic) bond motifs is 2. The number of anilines is 1. The van der Waals surface area contributed by atoms with E-state index >= 15 is 0 Å². The van der Waals surface area contributed by atoms with Crippen molar-refractivity contribution >= 4 is 28.5 Å². The van der Waals surface area contributed by atoms with Gasteiger partial charge in [0.15, 0.2) is 5.69 Å². The third kappa shape index (κ3) is 1.78. The molecule has 0 saturated carbocycles. The van der Waals surface area contributed by atoms with Crippen molar-refractivity contribution in [3.05, 3.63) is 29.5 Å². The molecule has 23 heavy (non-hydrogen) atoms. The lowest BCUT2D eigenvalue weighted by atomic mass is 9.86. The highest BCUT2D eigenvalue weighted by molar-refractivity contribution is 6.08. The van der Waals surface area contributed by atoms with Crippen molar-refractivity contribution in [3.63, 3.8) is 0 Å². The van der Waals surface area contributed by atoms with Crippen molar-refractivity contribution in [2.45, 2.75) is 19.3 Å². The predicted molar refractivity (Wildman–Crippen MR) is 82.3 cm³/mol. The second kappa shape index (κ2) is 4.19. The van der Waals surface area contributed by atoms with Crippen molar-refractivity contribution in [2.75, 3.05) is 5.32 Å². The van der Waals surface area contributed by atoms with Gasteiger partial charge in [-0.15, -0.1) is 5.10 Å². The van der Waals surface area contributed by atoms with Crippen molar-refractivity contribution in [1.82, 2.24) is 20.4 Å². The summed E-state index contributed by atoms with van der Waals surface area (Å²) in [6.07, 6.45) is 0. The van der Waals surface area contributed by atoms with E-state index < -0.39 is 11.4 Å². The molecule has 0 saturated heterocycles. The van der Waals surface area contributed by atoms with Crippen LogP contribution in [0.5, 0.6) is 0 Å². The SMILES string of the molecule is CC1(C)C(=O)Nc2cc3[nH]c(-c4n[nH]nc4C(=O)O)cc3cc21. The smallest absolute Gasteiger partial charge is 0.358 e. The van der Waals surface area contributed by atoms with Crippen LogP contribution in [0, 0.1) is 0 Å². The number of aromatic nitrogens is 4. The molecule has 4 rings (SSSR count). The molecule has 8 nitrogen and oxygen atoms in total. The monoisotopic (exact) mass is 311 g/mol. The predicted octanol–water partition coefficient (Wildman–Crippen LogP) is 1.88. The maximum Gasteiger partial charge on any atom is 0.358 e. The Bertz CT molecular complexity index is 982. The summed E-state index contributed by atoms with van der Waals surface area (Å²) in [5, 5.41) is 22.8. The first kappa shape index (κ1) is 13.5. The molecule has 8 heteroatoms. The molecule has 116 valence electrons. The number of aromatic carboxylic acids is 1. The lowest BCUT2D eigenvalue weighted by molar-refractivity contribution is -0.119. The van der Waals surface area contributed by atoms with Crippen LogP contribution in [0.25, 0.3) is 22.3 Å². The van der Waals surface area contributed by atoms with Gasteiger partial charge in [-0.05, 0) is 37.6 Å². The van der Waals surface area contributed by atoms with E-state index in [9.17, 15) is 9.59 Å². The van der Waals surface area contributed by atoms with Crippen LogP contribution in [-0.2, 0) is 10.2 Å². The Labute approximate surface area is 129 Å². The molecule has 2 aromatic heterocycles. The van der Waals surface area contributed by atoms with Crippen LogP contribution in [0.1, 0.15) is 29.9 Å². The van der Waals surface area contributed by atoms with E-state index in [0.717, 1.165) is 22.2 Å². The summed E-state index contributed by atoms with van der Waals surface area (Å²) in [7, 11) is 0. The molecule has 0 unspecified atom stereocenters. The molecule has 4 N–H and O–H groups in total. The highest BCUT2D eigenvalue weighted by atomic mass is 16.4. The number of carboxylic acid groups (broad SMARTS) is 1. The summed E-state index contributed by atoms with van der Waals surface area (Å²) < 4.78 is 0. The first-order valence-electron chi connectivity index (χ1n) is 7.01. The minimum Gasteiger partial charge on any atom is -0.476 e. The fourth-order valence-electron chi connectivity index (χ4n) is 2.90. The summed E-state index contributed by atoms with van der Waals surface area (Å²) >= 11 is 0. The fraction of sp³-hybridized carbons (Fsp3) is 0.200. The number of amides is 1. The zero-order valence-corrected chi connectivity index (χ0v) is 12.4. The van der Waals surface area contributed by atoms with Crippen LogP contribution in [0.15, 0.2) is 18.2 Å². The summed E-state index contributed by atoms with van der Waals surface area (Å²) in [6.45, 7) is 3.74.